The molecule has 0 aliphatic heterocycles. The summed E-state index contributed by atoms with van der Waals surface area (Å²) in [6.07, 6.45) is 10.4. The van der Waals surface area contributed by atoms with E-state index in [9.17, 15) is 0 Å². The molecule has 0 amide bonds. The summed E-state index contributed by atoms with van der Waals surface area (Å²) < 4.78 is 1.26. The van der Waals surface area contributed by atoms with E-state index in [0.717, 1.165) is 11.4 Å². The topological polar surface area (TPSA) is 78.7 Å². The van der Waals surface area contributed by atoms with Crippen LogP contribution < -0.4 is 0 Å². The fraction of sp³-hybridized carbons (Fsp3) is 0.125. The van der Waals surface area contributed by atoms with Gasteiger partial charge in [-0.15, -0.1) is 0 Å². The first-order chi connectivity index (χ1) is 12.7. The second kappa shape index (κ2) is 16.8. The van der Waals surface area contributed by atoms with Crippen molar-refractivity contribution in [3.63, 3.8) is 0 Å². The molecule has 0 aliphatic carbocycles. The van der Waals surface area contributed by atoms with Crippen molar-refractivity contribution in [3.05, 3.63) is 71.0 Å². The molecule has 2 aromatic heterocycles. The van der Waals surface area contributed by atoms with Crippen LogP contribution in [0.4, 0.5) is 0 Å². The summed E-state index contributed by atoms with van der Waals surface area (Å²) in [7, 11) is 0. The minimum Gasteiger partial charge on any atom is -0.520 e. The maximum absolute atomic E-state index is 4.06. The van der Waals surface area contributed by atoms with Crippen molar-refractivity contribution in [1.29, 1.82) is 0 Å². The van der Waals surface area contributed by atoms with Gasteiger partial charge in [0, 0.05) is 41.9 Å². The largest absolute Gasteiger partial charge is 0.520 e. The van der Waals surface area contributed by atoms with E-state index >= 15 is 0 Å². The summed E-state index contributed by atoms with van der Waals surface area (Å²) in [4.78, 5) is 8.10. The number of thioether (sulfide) groups is 2. The van der Waals surface area contributed by atoms with Crippen LogP contribution >= 0.6 is 23.5 Å². The van der Waals surface area contributed by atoms with Crippen molar-refractivity contribution >= 4 is 69.0 Å². The maximum Gasteiger partial charge on any atom is 0.174 e. The molecule has 0 saturated carbocycles. The number of hydrogen-bond acceptors (Lipinski definition) is 6. The number of thiol groups is 2. The number of rotatable bonds is 4. The Balaban J connectivity index is 0.000000483. The van der Waals surface area contributed by atoms with Gasteiger partial charge in [0.05, 0.1) is 11.4 Å². The molecule has 2 heterocycles. The van der Waals surface area contributed by atoms with E-state index in [1.54, 1.807) is 24.8 Å². The van der Waals surface area contributed by atoms with Crippen molar-refractivity contribution in [3.8, 4) is 0 Å². The minimum atomic E-state index is 0. The molecule has 0 saturated heterocycles. The molecule has 0 bridgehead atoms. The van der Waals surface area contributed by atoms with E-state index < -0.39 is 0 Å². The van der Waals surface area contributed by atoms with Crippen molar-refractivity contribution in [2.45, 2.75) is 0 Å². The molecule has 0 N–H and O–H groups in total. The van der Waals surface area contributed by atoms with E-state index in [1.807, 2.05) is 48.9 Å². The first-order valence-corrected chi connectivity index (χ1v) is 10.5. The fourth-order valence-electron chi connectivity index (χ4n) is 1.26. The van der Waals surface area contributed by atoms with E-state index in [2.05, 4.69) is 55.5 Å². The summed E-state index contributed by atoms with van der Waals surface area (Å²) in [5.74, 6) is 0. The zero-order valence-corrected chi connectivity index (χ0v) is 18.8. The Hall–Kier alpha value is -1.36. The molecule has 27 heavy (non-hydrogen) atoms. The predicted octanol–water partition coefficient (Wildman–Crippen LogP) is 3.04. The van der Waals surface area contributed by atoms with Gasteiger partial charge in [0.15, 0.2) is 33.1 Å². The molecule has 0 unspecified atom stereocenters. The summed E-state index contributed by atoms with van der Waals surface area (Å²) in [5.41, 5.74) is 9.19. The van der Waals surface area contributed by atoms with Gasteiger partial charge in [-0.3, -0.25) is 9.97 Å². The molecular formula is C16H18CuN6S4. The Bertz CT molecular complexity index is 665. The van der Waals surface area contributed by atoms with Crippen LogP contribution in [0, 0.1) is 0 Å². The molecule has 0 aromatic carbocycles. The Morgan fingerprint density at radius 3 is 1.56 bits per heavy atom. The van der Waals surface area contributed by atoms with E-state index in [-0.39, 0.29) is 17.1 Å². The third kappa shape index (κ3) is 13.5. The third-order valence-electron chi connectivity index (χ3n) is 2.41. The molecule has 0 atom stereocenters. The van der Waals surface area contributed by atoms with Crippen LogP contribution in [0.2, 0.25) is 0 Å². The molecule has 2 rings (SSSR count). The Morgan fingerprint density at radius 1 is 0.852 bits per heavy atom. The monoisotopic (exact) mass is 485 g/mol. The van der Waals surface area contributed by atoms with Crippen LogP contribution in [0.5, 0.6) is 0 Å². The molecule has 0 spiro atoms. The average molecular weight is 486 g/mol. The zero-order chi connectivity index (χ0) is 19.0. The second-order valence-electron chi connectivity index (χ2n) is 4.17. The number of pyridine rings is 2. The average Bonchev–Trinajstić information content (AvgIpc) is 2.70. The number of hydrogen-bond donors (Lipinski definition) is 0. The van der Waals surface area contributed by atoms with Crippen molar-refractivity contribution in [2.75, 3.05) is 12.5 Å². The number of aromatic nitrogens is 2. The van der Waals surface area contributed by atoms with Crippen LogP contribution in [-0.2, 0) is 41.5 Å². The van der Waals surface area contributed by atoms with Gasteiger partial charge >= 0.3 is 0 Å². The standard InChI is InChI=1S/2C8H9N3S2.Cu/c2*1-13-8(12)11-10-6-7-4-2-3-5-9-7;/h2*2-6H,1H3,(H,9,11,12);. The van der Waals surface area contributed by atoms with Crippen molar-refractivity contribution in [2.24, 2.45) is 10.2 Å². The molecule has 0 aliphatic rings. The van der Waals surface area contributed by atoms with Gasteiger partial charge in [-0.25, -0.2) is 0 Å². The SMILES string of the molecule is CSC(=[SH+])[N-]N=Cc1ccccn1.CSC(=[SH+])[N-]N=Cc1ccccn1.[Cu]. The van der Waals surface area contributed by atoms with Crippen LogP contribution in [0.3, 0.4) is 0 Å². The quantitative estimate of drug-likeness (QED) is 0.166. The van der Waals surface area contributed by atoms with Crippen LogP contribution in [-0.4, -0.2) is 43.5 Å². The van der Waals surface area contributed by atoms with Gasteiger partial charge in [0.2, 0.25) is 0 Å². The second-order valence-corrected chi connectivity index (χ2v) is 7.21. The fourth-order valence-corrected chi connectivity index (χ4v) is 1.62. The normalized spacial score (nSPS) is 9.85. The van der Waals surface area contributed by atoms with Crippen LogP contribution in [0.1, 0.15) is 11.4 Å². The first-order valence-electron chi connectivity index (χ1n) is 7.15. The maximum atomic E-state index is 4.06. The summed E-state index contributed by atoms with van der Waals surface area (Å²) in [5, 5.41) is 7.63. The van der Waals surface area contributed by atoms with Gasteiger partial charge in [0.1, 0.15) is 0 Å². The van der Waals surface area contributed by atoms with Crippen molar-refractivity contribution in [1.82, 2.24) is 9.97 Å². The zero-order valence-electron chi connectivity index (χ0n) is 14.5. The molecular weight excluding hydrogens is 468 g/mol. The molecule has 147 valence electrons. The van der Waals surface area contributed by atoms with E-state index in [4.69, 9.17) is 0 Å². The first kappa shape index (κ1) is 25.6. The third-order valence-corrected chi connectivity index (χ3v) is 4.58. The Labute approximate surface area is 189 Å². The minimum absolute atomic E-state index is 0. The summed E-state index contributed by atoms with van der Waals surface area (Å²) >= 11 is 11.0. The van der Waals surface area contributed by atoms with Gasteiger partial charge < -0.3 is 21.1 Å². The summed E-state index contributed by atoms with van der Waals surface area (Å²) in [6, 6.07) is 11.2. The van der Waals surface area contributed by atoms with Gasteiger partial charge in [-0.2, -0.15) is 0 Å². The van der Waals surface area contributed by atoms with E-state index in [0.29, 0.717) is 8.64 Å². The van der Waals surface area contributed by atoms with Crippen LogP contribution in [0.25, 0.3) is 10.9 Å². The number of nitrogens with zero attached hydrogens (tertiary/aromatic N) is 6. The smallest absolute Gasteiger partial charge is 0.174 e. The Kier molecular flexibility index (Phi) is 15.9. The van der Waals surface area contributed by atoms with Gasteiger partial charge in [0.25, 0.3) is 0 Å². The molecule has 0 fully saturated rings. The van der Waals surface area contributed by atoms with Gasteiger partial charge in [-0.05, 0) is 36.8 Å². The molecule has 1 radical (unpaired) electrons. The Morgan fingerprint density at radius 2 is 1.26 bits per heavy atom. The van der Waals surface area contributed by atoms with Crippen LogP contribution in [0.15, 0.2) is 59.0 Å². The summed E-state index contributed by atoms with van der Waals surface area (Å²) in [6.45, 7) is 0. The molecule has 11 heteroatoms. The predicted molar refractivity (Wildman–Crippen MR) is 125 cm³/mol. The van der Waals surface area contributed by atoms with Gasteiger partial charge in [-0.1, -0.05) is 35.7 Å². The molecule has 2 aromatic rings. The van der Waals surface area contributed by atoms with E-state index in [1.165, 1.54) is 23.5 Å². The molecule has 6 nitrogen and oxygen atoms in total. The van der Waals surface area contributed by atoms with Crippen molar-refractivity contribution < 1.29 is 17.1 Å².